The van der Waals surface area contributed by atoms with Crippen LogP contribution in [-0.2, 0) is 17.9 Å². The molecule has 1 aromatic carbocycles. The van der Waals surface area contributed by atoms with Gasteiger partial charge in [-0.3, -0.25) is 9.48 Å². The summed E-state index contributed by atoms with van der Waals surface area (Å²) in [4.78, 5) is 23.0. The highest BCUT2D eigenvalue weighted by Crippen LogP contribution is 2.10. The Labute approximate surface area is 141 Å². The molecule has 0 aliphatic carbocycles. The first-order valence-electron chi connectivity index (χ1n) is 7.33. The summed E-state index contributed by atoms with van der Waals surface area (Å²) < 4.78 is 15.8. The number of nitrogens with zero attached hydrogens (tertiary/aromatic N) is 4. The number of aromatic nitrogens is 4. The number of amides is 1. The van der Waals surface area contributed by atoms with Gasteiger partial charge in [0, 0.05) is 12.4 Å². The number of rotatable bonds is 6. The predicted octanol–water partition coefficient (Wildman–Crippen LogP) is 1.60. The lowest BCUT2D eigenvalue weighted by atomic mass is 10.2. The molecular formula is C16H14FN5O3. The van der Waals surface area contributed by atoms with E-state index in [0.29, 0.717) is 12.2 Å². The molecule has 128 valence electrons. The fourth-order valence-electron chi connectivity index (χ4n) is 2.31. The lowest BCUT2D eigenvalue weighted by molar-refractivity contribution is -0.116. The van der Waals surface area contributed by atoms with Gasteiger partial charge >= 0.3 is 5.97 Å². The van der Waals surface area contributed by atoms with E-state index in [0.717, 1.165) is 10.2 Å². The molecule has 0 unspecified atom stereocenters. The molecule has 8 nitrogen and oxygen atoms in total. The summed E-state index contributed by atoms with van der Waals surface area (Å²) >= 11 is 0. The smallest absolute Gasteiger partial charge is 0.354 e. The number of anilines is 1. The normalized spacial score (nSPS) is 10.6. The average molecular weight is 343 g/mol. The lowest BCUT2D eigenvalue weighted by Gasteiger charge is -2.05. The van der Waals surface area contributed by atoms with Gasteiger partial charge < -0.3 is 10.4 Å². The van der Waals surface area contributed by atoms with Crippen LogP contribution < -0.4 is 5.32 Å². The van der Waals surface area contributed by atoms with Gasteiger partial charge in [0.05, 0.1) is 18.4 Å². The van der Waals surface area contributed by atoms with Crippen LogP contribution in [0.25, 0.3) is 0 Å². The van der Waals surface area contributed by atoms with E-state index in [1.165, 1.54) is 30.6 Å². The molecule has 2 aromatic heterocycles. The Kier molecular flexibility index (Phi) is 4.55. The highest BCUT2D eigenvalue weighted by atomic mass is 19.1. The number of benzene rings is 1. The summed E-state index contributed by atoms with van der Waals surface area (Å²) in [7, 11) is 0. The standard InChI is InChI=1S/C16H14FN5O3/c17-12-3-1-2-11(6-12)8-21-9-13(7-19-21)20-15(23)10-22-14(16(24)25)4-5-18-22/h1-7,9H,8,10H2,(H,20,23)(H,24,25). The second kappa shape index (κ2) is 6.95. The molecule has 3 rings (SSSR count). The van der Waals surface area contributed by atoms with Gasteiger partial charge in [0.1, 0.15) is 18.1 Å². The van der Waals surface area contributed by atoms with Crippen molar-refractivity contribution in [3.05, 3.63) is 66.0 Å². The van der Waals surface area contributed by atoms with Crippen LogP contribution in [0.3, 0.4) is 0 Å². The molecule has 0 atom stereocenters. The molecule has 0 fully saturated rings. The second-order valence-corrected chi connectivity index (χ2v) is 5.28. The number of halogens is 1. The number of nitrogens with one attached hydrogen (secondary N) is 1. The van der Waals surface area contributed by atoms with Crippen molar-refractivity contribution in [3.63, 3.8) is 0 Å². The van der Waals surface area contributed by atoms with Crippen molar-refractivity contribution in [1.82, 2.24) is 19.6 Å². The van der Waals surface area contributed by atoms with E-state index in [4.69, 9.17) is 5.11 Å². The summed E-state index contributed by atoms with van der Waals surface area (Å²) in [6, 6.07) is 7.46. The van der Waals surface area contributed by atoms with Crippen LogP contribution >= 0.6 is 0 Å². The first-order chi connectivity index (χ1) is 12.0. The molecule has 3 aromatic rings. The third-order valence-electron chi connectivity index (χ3n) is 3.38. The Bertz CT molecular complexity index is 918. The maximum Gasteiger partial charge on any atom is 0.354 e. The van der Waals surface area contributed by atoms with Gasteiger partial charge in [-0.05, 0) is 23.8 Å². The fraction of sp³-hybridized carbons (Fsp3) is 0.125. The largest absolute Gasteiger partial charge is 0.477 e. The van der Waals surface area contributed by atoms with Crippen LogP contribution in [0.15, 0.2) is 48.9 Å². The minimum atomic E-state index is -1.16. The van der Waals surface area contributed by atoms with Crippen molar-refractivity contribution >= 4 is 17.6 Å². The Balaban J connectivity index is 1.62. The van der Waals surface area contributed by atoms with Crippen molar-refractivity contribution in [1.29, 1.82) is 0 Å². The molecule has 2 heterocycles. The Morgan fingerprint density at radius 3 is 2.84 bits per heavy atom. The van der Waals surface area contributed by atoms with E-state index in [2.05, 4.69) is 15.5 Å². The summed E-state index contributed by atoms with van der Waals surface area (Å²) in [5.74, 6) is -1.92. The molecule has 0 saturated carbocycles. The maximum absolute atomic E-state index is 13.2. The number of hydrogen-bond acceptors (Lipinski definition) is 4. The van der Waals surface area contributed by atoms with Crippen molar-refractivity contribution in [2.24, 2.45) is 0 Å². The zero-order valence-corrected chi connectivity index (χ0v) is 13.0. The van der Waals surface area contributed by atoms with E-state index < -0.39 is 11.9 Å². The van der Waals surface area contributed by atoms with E-state index in [1.54, 1.807) is 23.0 Å². The summed E-state index contributed by atoms with van der Waals surface area (Å²) in [5, 5.41) is 19.5. The number of carboxylic acid groups (broad SMARTS) is 1. The fourth-order valence-corrected chi connectivity index (χ4v) is 2.31. The highest BCUT2D eigenvalue weighted by molar-refractivity contribution is 5.91. The number of carbonyl (C=O) groups excluding carboxylic acids is 1. The SMILES string of the molecule is O=C(Cn1nccc1C(=O)O)Nc1cnn(Cc2cccc(F)c2)c1. The Morgan fingerprint density at radius 2 is 2.08 bits per heavy atom. The zero-order chi connectivity index (χ0) is 17.8. The van der Waals surface area contributed by atoms with Gasteiger partial charge in [-0.2, -0.15) is 10.2 Å². The summed E-state index contributed by atoms with van der Waals surface area (Å²) in [6.45, 7) is 0.125. The minimum absolute atomic E-state index is 0.0723. The molecule has 0 spiro atoms. The van der Waals surface area contributed by atoms with E-state index >= 15 is 0 Å². The molecule has 0 aliphatic rings. The van der Waals surface area contributed by atoms with Gasteiger partial charge in [0.2, 0.25) is 5.91 Å². The van der Waals surface area contributed by atoms with E-state index in [9.17, 15) is 14.0 Å². The number of carboxylic acids is 1. The number of carbonyl (C=O) groups is 2. The molecule has 2 N–H and O–H groups in total. The van der Waals surface area contributed by atoms with Crippen molar-refractivity contribution in [2.75, 3.05) is 5.32 Å². The summed E-state index contributed by atoms with van der Waals surface area (Å²) in [5.41, 5.74) is 1.12. The van der Waals surface area contributed by atoms with Crippen molar-refractivity contribution < 1.29 is 19.1 Å². The first kappa shape index (κ1) is 16.4. The van der Waals surface area contributed by atoms with Crippen molar-refractivity contribution in [2.45, 2.75) is 13.1 Å². The minimum Gasteiger partial charge on any atom is -0.477 e. The molecule has 9 heteroatoms. The molecule has 0 aliphatic heterocycles. The van der Waals surface area contributed by atoms with Gasteiger partial charge in [-0.15, -0.1) is 0 Å². The Hall–Kier alpha value is -3.49. The van der Waals surface area contributed by atoms with E-state index in [-0.39, 0.29) is 18.1 Å². The van der Waals surface area contributed by atoms with Crippen molar-refractivity contribution in [3.8, 4) is 0 Å². The van der Waals surface area contributed by atoms with Crippen LogP contribution in [0.1, 0.15) is 16.1 Å². The van der Waals surface area contributed by atoms with Crippen LogP contribution in [-0.4, -0.2) is 36.5 Å². The molecule has 0 bridgehead atoms. The highest BCUT2D eigenvalue weighted by Gasteiger charge is 2.13. The molecule has 1 amide bonds. The van der Waals surface area contributed by atoms with Gasteiger partial charge in [-0.25, -0.2) is 13.9 Å². The average Bonchev–Trinajstić information content (AvgIpc) is 3.17. The van der Waals surface area contributed by atoms with Crippen LogP contribution in [0.5, 0.6) is 0 Å². The topological polar surface area (TPSA) is 102 Å². The van der Waals surface area contributed by atoms with Crippen LogP contribution in [0.2, 0.25) is 0 Å². The van der Waals surface area contributed by atoms with Crippen LogP contribution in [0.4, 0.5) is 10.1 Å². The zero-order valence-electron chi connectivity index (χ0n) is 13.0. The lowest BCUT2D eigenvalue weighted by Crippen LogP contribution is -2.22. The van der Waals surface area contributed by atoms with Gasteiger partial charge in [0.25, 0.3) is 0 Å². The first-order valence-corrected chi connectivity index (χ1v) is 7.33. The van der Waals surface area contributed by atoms with Gasteiger partial charge in [0.15, 0.2) is 0 Å². The second-order valence-electron chi connectivity index (χ2n) is 5.28. The van der Waals surface area contributed by atoms with Crippen LogP contribution in [0, 0.1) is 5.82 Å². The third kappa shape index (κ3) is 4.08. The maximum atomic E-state index is 13.2. The third-order valence-corrected chi connectivity index (χ3v) is 3.38. The molecular weight excluding hydrogens is 329 g/mol. The van der Waals surface area contributed by atoms with Gasteiger partial charge in [-0.1, -0.05) is 12.1 Å². The predicted molar refractivity (Wildman–Crippen MR) is 85.5 cm³/mol. The monoisotopic (exact) mass is 343 g/mol. The molecule has 25 heavy (non-hydrogen) atoms. The van der Waals surface area contributed by atoms with E-state index in [1.807, 2.05) is 0 Å². The quantitative estimate of drug-likeness (QED) is 0.708. The molecule has 0 radical (unpaired) electrons. The molecule has 0 saturated heterocycles. The number of aromatic carboxylic acids is 1. The Morgan fingerprint density at radius 1 is 1.24 bits per heavy atom. The summed E-state index contributed by atoms with van der Waals surface area (Å²) in [6.07, 6.45) is 4.37. The number of hydrogen-bond donors (Lipinski definition) is 2.